The molecule has 3 N–H and O–H groups in total. The van der Waals surface area contributed by atoms with Crippen molar-refractivity contribution in [1.82, 2.24) is 4.90 Å². The van der Waals surface area contributed by atoms with Crippen LogP contribution in [0.15, 0.2) is 54.3 Å². The number of benzene rings is 2. The average molecular weight is 524 g/mol. The molecule has 0 aromatic heterocycles. The molecule has 2 aliphatic carbocycles. The van der Waals surface area contributed by atoms with Crippen LogP contribution in [0.1, 0.15) is 50.0 Å². The van der Waals surface area contributed by atoms with Gasteiger partial charge < -0.3 is 34.4 Å². The number of carbonyl (C=O) groups is 2. The molecule has 9 heteroatoms. The maximum Gasteiger partial charge on any atom is 0.352 e. The van der Waals surface area contributed by atoms with E-state index in [-0.39, 0.29) is 29.7 Å². The summed E-state index contributed by atoms with van der Waals surface area (Å²) >= 11 is 0. The summed E-state index contributed by atoms with van der Waals surface area (Å²) in [7, 11) is 1.96. The highest BCUT2D eigenvalue weighted by Crippen LogP contribution is 2.62. The molecule has 38 heavy (non-hydrogen) atoms. The van der Waals surface area contributed by atoms with Crippen molar-refractivity contribution in [3.8, 4) is 11.5 Å². The maximum absolute atomic E-state index is 13.0. The van der Waals surface area contributed by atoms with Gasteiger partial charge in [0.05, 0.1) is 11.0 Å². The van der Waals surface area contributed by atoms with Crippen molar-refractivity contribution in [2.45, 2.75) is 69.0 Å². The number of carbonyl (C=O) groups excluding carboxylic acids is 2. The van der Waals surface area contributed by atoms with E-state index in [1.54, 1.807) is 42.5 Å². The van der Waals surface area contributed by atoms with Crippen LogP contribution < -0.4 is 4.74 Å². The standard InChI is InChI=1S/C29H33NO8/c1-5-30(4)21-15-18-11-12-19(31)24-22(18)28(3)25(38-24)20(13-14-29(21,28)35)37-26(33)16(2)36-27(34)23(32)17-9-7-6-8-10-17/h6-13,16,21,23,25,31-32,35H,5,14-15H2,1-4H3/t16-,21+,23-,25-,28-,29+/m0/s1. The molecule has 6 atom stereocenters. The van der Waals surface area contributed by atoms with Crippen molar-refractivity contribution >= 4 is 11.9 Å². The lowest BCUT2D eigenvalue weighted by molar-refractivity contribution is -0.172. The molecule has 0 unspecified atom stereocenters. The van der Waals surface area contributed by atoms with Crippen molar-refractivity contribution in [3.05, 3.63) is 71.0 Å². The Morgan fingerprint density at radius 3 is 2.58 bits per heavy atom. The van der Waals surface area contributed by atoms with Gasteiger partial charge in [0.25, 0.3) is 0 Å². The van der Waals surface area contributed by atoms with Crippen LogP contribution in [0.3, 0.4) is 0 Å². The summed E-state index contributed by atoms with van der Waals surface area (Å²) in [6.45, 7) is 5.98. The summed E-state index contributed by atoms with van der Waals surface area (Å²) in [6, 6.07) is 11.5. The highest BCUT2D eigenvalue weighted by molar-refractivity contribution is 5.82. The van der Waals surface area contributed by atoms with E-state index in [2.05, 4.69) is 4.90 Å². The Morgan fingerprint density at radius 2 is 1.89 bits per heavy atom. The SMILES string of the molecule is CCN(C)[C@@H]1Cc2ccc(O)c3c2[C@@]2(C)[C@@H](O3)C(OC(=O)[C@H](C)OC(=O)[C@@H](O)c3ccccc3)=CC[C@@]12O. The predicted molar refractivity (Wildman–Crippen MR) is 136 cm³/mol. The first-order valence-electron chi connectivity index (χ1n) is 12.8. The number of phenols is 1. The van der Waals surface area contributed by atoms with Crippen molar-refractivity contribution in [3.63, 3.8) is 0 Å². The Bertz CT molecular complexity index is 1290. The molecule has 202 valence electrons. The zero-order valence-electron chi connectivity index (χ0n) is 21.9. The lowest BCUT2D eigenvalue weighted by atomic mass is 9.54. The van der Waals surface area contributed by atoms with Crippen LogP contribution >= 0.6 is 0 Å². The number of nitrogens with zero attached hydrogens (tertiary/aromatic N) is 1. The van der Waals surface area contributed by atoms with E-state index >= 15 is 0 Å². The van der Waals surface area contributed by atoms with Crippen LogP contribution in [0.5, 0.6) is 11.5 Å². The van der Waals surface area contributed by atoms with Gasteiger partial charge in [-0.25, -0.2) is 9.59 Å². The van der Waals surface area contributed by atoms with E-state index in [1.807, 2.05) is 27.0 Å². The number of phenolic OH excluding ortho intramolecular Hbond substituents is 1. The second-order valence-electron chi connectivity index (χ2n) is 10.5. The van der Waals surface area contributed by atoms with Gasteiger partial charge in [0.1, 0.15) is 5.76 Å². The van der Waals surface area contributed by atoms with Gasteiger partial charge in [0.15, 0.2) is 29.8 Å². The second-order valence-corrected chi connectivity index (χ2v) is 10.5. The van der Waals surface area contributed by atoms with Gasteiger partial charge in [-0.2, -0.15) is 0 Å². The summed E-state index contributed by atoms with van der Waals surface area (Å²) < 4.78 is 17.1. The van der Waals surface area contributed by atoms with E-state index in [4.69, 9.17) is 14.2 Å². The van der Waals surface area contributed by atoms with Crippen LogP contribution in [0.25, 0.3) is 0 Å². The van der Waals surface area contributed by atoms with E-state index in [1.165, 1.54) is 6.92 Å². The third kappa shape index (κ3) is 3.80. The number of aromatic hydroxyl groups is 1. The zero-order chi connectivity index (χ0) is 27.4. The minimum absolute atomic E-state index is 0.0492. The third-order valence-electron chi connectivity index (χ3n) is 8.45. The molecule has 0 fully saturated rings. The van der Waals surface area contributed by atoms with Crippen LogP contribution in [0.4, 0.5) is 0 Å². The molecule has 0 spiro atoms. The Labute approximate surface area is 221 Å². The molecule has 1 heterocycles. The largest absolute Gasteiger partial charge is 0.504 e. The van der Waals surface area contributed by atoms with Gasteiger partial charge in [-0.15, -0.1) is 0 Å². The van der Waals surface area contributed by atoms with Gasteiger partial charge in [0, 0.05) is 18.0 Å². The van der Waals surface area contributed by atoms with E-state index in [0.717, 1.165) is 17.7 Å². The highest BCUT2D eigenvalue weighted by Gasteiger charge is 2.68. The second kappa shape index (κ2) is 9.41. The van der Waals surface area contributed by atoms with Gasteiger partial charge in [-0.1, -0.05) is 43.3 Å². The van der Waals surface area contributed by atoms with Crippen LogP contribution in [0.2, 0.25) is 0 Å². The normalized spacial score (nSPS) is 28.6. The maximum atomic E-state index is 13.0. The Morgan fingerprint density at radius 1 is 1.18 bits per heavy atom. The fourth-order valence-electron chi connectivity index (χ4n) is 6.15. The molecule has 0 bridgehead atoms. The van der Waals surface area contributed by atoms with Crippen LogP contribution in [0, 0.1) is 0 Å². The third-order valence-corrected chi connectivity index (χ3v) is 8.45. The van der Waals surface area contributed by atoms with Gasteiger partial charge in [-0.05, 0) is 57.1 Å². The van der Waals surface area contributed by atoms with Gasteiger partial charge >= 0.3 is 11.9 Å². The topological polar surface area (TPSA) is 126 Å². The molecular weight excluding hydrogens is 490 g/mol. The first kappa shape index (κ1) is 26.2. The van der Waals surface area contributed by atoms with Crippen LogP contribution in [-0.4, -0.2) is 69.6 Å². The highest BCUT2D eigenvalue weighted by atomic mass is 16.6. The minimum Gasteiger partial charge on any atom is -0.504 e. The number of rotatable bonds is 7. The minimum atomic E-state index is -1.54. The van der Waals surface area contributed by atoms with Crippen molar-refractivity contribution in [1.29, 1.82) is 0 Å². The fraction of sp³-hybridized carbons (Fsp3) is 0.448. The molecule has 2 aromatic carbocycles. The number of likely N-dealkylation sites (N-methyl/N-ethyl adjacent to an activating group) is 1. The van der Waals surface area contributed by atoms with E-state index < -0.39 is 41.3 Å². The lowest BCUT2D eigenvalue weighted by Gasteiger charge is -2.56. The van der Waals surface area contributed by atoms with E-state index in [9.17, 15) is 24.9 Å². The summed E-state index contributed by atoms with van der Waals surface area (Å²) in [5, 5.41) is 33.1. The first-order valence-corrected chi connectivity index (χ1v) is 12.8. The molecule has 3 aliphatic rings. The summed E-state index contributed by atoms with van der Waals surface area (Å²) in [4.78, 5) is 27.5. The van der Waals surface area contributed by atoms with Crippen molar-refractivity contribution in [2.24, 2.45) is 0 Å². The number of esters is 2. The quantitative estimate of drug-likeness (QED) is 0.470. The Balaban J connectivity index is 1.41. The predicted octanol–water partition coefficient (Wildman–Crippen LogP) is 2.51. The van der Waals surface area contributed by atoms with Crippen molar-refractivity contribution < 1.29 is 39.1 Å². The van der Waals surface area contributed by atoms with Gasteiger partial charge in [-0.3, -0.25) is 0 Å². The number of hydrogen-bond donors (Lipinski definition) is 3. The summed E-state index contributed by atoms with van der Waals surface area (Å²) in [5.74, 6) is -1.42. The molecule has 9 nitrogen and oxygen atoms in total. The number of hydrogen-bond acceptors (Lipinski definition) is 9. The van der Waals surface area contributed by atoms with Crippen LogP contribution in [-0.2, 0) is 30.9 Å². The fourth-order valence-corrected chi connectivity index (χ4v) is 6.15. The summed E-state index contributed by atoms with van der Waals surface area (Å²) in [6.07, 6.45) is -1.34. The van der Waals surface area contributed by atoms with E-state index in [0.29, 0.717) is 12.0 Å². The molecule has 0 saturated carbocycles. The summed E-state index contributed by atoms with van der Waals surface area (Å²) in [5.41, 5.74) is -0.254. The average Bonchev–Trinajstić information content (AvgIpc) is 3.25. The molecular formula is C29H33NO8. The Hall–Kier alpha value is -3.40. The zero-order valence-corrected chi connectivity index (χ0v) is 21.9. The number of aliphatic hydroxyl groups is 2. The first-order chi connectivity index (χ1) is 18.0. The smallest absolute Gasteiger partial charge is 0.352 e. The monoisotopic (exact) mass is 523 g/mol. The number of ether oxygens (including phenoxy) is 3. The Kier molecular flexibility index (Phi) is 6.49. The molecule has 1 aliphatic heterocycles. The number of aliphatic hydroxyl groups excluding tert-OH is 1. The molecule has 0 amide bonds. The molecule has 5 rings (SSSR count). The molecule has 0 saturated heterocycles. The molecule has 2 aromatic rings. The van der Waals surface area contributed by atoms with Crippen molar-refractivity contribution in [2.75, 3.05) is 13.6 Å². The lowest BCUT2D eigenvalue weighted by Crippen LogP contribution is -2.69. The van der Waals surface area contributed by atoms with Gasteiger partial charge in [0.2, 0.25) is 0 Å². The molecule has 0 radical (unpaired) electrons.